The van der Waals surface area contributed by atoms with E-state index in [1.54, 1.807) is 0 Å². The number of nitrogens with one attached hydrogen (secondary N) is 1. The van der Waals surface area contributed by atoms with Gasteiger partial charge < -0.3 is 19.7 Å². The molecule has 5 heteroatoms. The Balaban J connectivity index is 1.29. The van der Waals surface area contributed by atoms with Gasteiger partial charge in [0.05, 0.1) is 5.56 Å². The number of carbonyl (C=O) groups excluding carboxylic acids is 1. The van der Waals surface area contributed by atoms with E-state index in [0.717, 1.165) is 51.5 Å². The summed E-state index contributed by atoms with van der Waals surface area (Å²) in [5, 5.41) is 3.63. The molecule has 8 rings (SSSR count). The van der Waals surface area contributed by atoms with Crippen molar-refractivity contribution < 1.29 is 14.3 Å². The van der Waals surface area contributed by atoms with Crippen LogP contribution in [-0.4, -0.2) is 18.1 Å². The maximum absolute atomic E-state index is 13.6. The molecule has 2 heterocycles. The highest BCUT2D eigenvalue weighted by molar-refractivity contribution is 5.97. The van der Waals surface area contributed by atoms with Gasteiger partial charge in [-0.05, 0) is 80.1 Å². The zero-order valence-corrected chi connectivity index (χ0v) is 26.2. The summed E-state index contributed by atoms with van der Waals surface area (Å²) in [5.74, 6) is 1.24. The number of benzene rings is 4. The molecule has 0 aromatic heterocycles. The second-order valence-electron chi connectivity index (χ2n) is 13.2. The van der Waals surface area contributed by atoms with Crippen molar-refractivity contribution in [3.05, 3.63) is 113 Å². The molecule has 45 heavy (non-hydrogen) atoms. The molecule has 2 aliphatic carbocycles. The van der Waals surface area contributed by atoms with Crippen LogP contribution in [0.5, 0.6) is 11.5 Å². The fourth-order valence-electron chi connectivity index (χ4n) is 8.43. The van der Waals surface area contributed by atoms with Crippen LogP contribution in [0.3, 0.4) is 0 Å². The molecular weight excluding hydrogens is 556 g/mol. The lowest BCUT2D eigenvalue weighted by Gasteiger charge is -2.44. The van der Waals surface area contributed by atoms with E-state index in [-0.39, 0.29) is 5.97 Å². The lowest BCUT2D eigenvalue weighted by Crippen LogP contribution is -2.45. The van der Waals surface area contributed by atoms with E-state index < -0.39 is 5.60 Å². The fourth-order valence-corrected chi connectivity index (χ4v) is 8.43. The van der Waals surface area contributed by atoms with E-state index in [0.29, 0.717) is 17.6 Å². The Labute approximate surface area is 266 Å². The highest BCUT2D eigenvalue weighted by Crippen LogP contribution is 2.57. The number of hydrogen-bond acceptors (Lipinski definition) is 5. The van der Waals surface area contributed by atoms with Crippen LogP contribution < -0.4 is 15.0 Å². The zero-order valence-electron chi connectivity index (χ0n) is 26.2. The maximum atomic E-state index is 13.6. The van der Waals surface area contributed by atoms with Crippen LogP contribution in [0.25, 0.3) is 0 Å². The smallest absolute Gasteiger partial charge is 0.340 e. The molecule has 0 bridgehead atoms. The lowest BCUT2D eigenvalue weighted by molar-refractivity contribution is 0.0224. The summed E-state index contributed by atoms with van der Waals surface area (Å²) in [5.41, 5.74) is 6.53. The summed E-state index contributed by atoms with van der Waals surface area (Å²) in [4.78, 5) is 16.3. The number of rotatable bonds is 6. The molecule has 0 saturated heterocycles. The van der Waals surface area contributed by atoms with Crippen LogP contribution in [0.2, 0.25) is 0 Å². The van der Waals surface area contributed by atoms with E-state index in [9.17, 15) is 4.79 Å². The predicted octanol–water partition coefficient (Wildman–Crippen LogP) is 10.0. The van der Waals surface area contributed by atoms with E-state index in [2.05, 4.69) is 59.6 Å². The number of fused-ring (bicyclic) bond motifs is 6. The molecule has 4 aromatic carbocycles. The monoisotopic (exact) mass is 598 g/mol. The Hall–Kier alpha value is -4.25. The number of esters is 1. The number of ether oxygens (including phenoxy) is 2. The van der Waals surface area contributed by atoms with Crippen molar-refractivity contribution in [3.63, 3.8) is 0 Å². The Morgan fingerprint density at radius 3 is 2.11 bits per heavy atom. The molecule has 1 spiro atoms. The van der Waals surface area contributed by atoms with Crippen LogP contribution >= 0.6 is 0 Å². The minimum Gasteiger partial charge on any atom is -0.456 e. The van der Waals surface area contributed by atoms with Gasteiger partial charge in [-0.2, -0.15) is 0 Å². The third-order valence-electron chi connectivity index (χ3n) is 10.6. The highest BCUT2D eigenvalue weighted by Gasteiger charge is 2.54. The van der Waals surface area contributed by atoms with Crippen molar-refractivity contribution in [2.45, 2.75) is 95.2 Å². The Kier molecular flexibility index (Phi) is 7.28. The van der Waals surface area contributed by atoms with Gasteiger partial charge in [-0.1, -0.05) is 81.8 Å². The van der Waals surface area contributed by atoms with Crippen LogP contribution in [0, 0.1) is 0 Å². The van der Waals surface area contributed by atoms with Gasteiger partial charge in [-0.25, -0.2) is 4.79 Å². The Bertz CT molecular complexity index is 1700. The Morgan fingerprint density at radius 2 is 1.40 bits per heavy atom. The van der Waals surface area contributed by atoms with Gasteiger partial charge in [0.15, 0.2) is 5.60 Å². The van der Waals surface area contributed by atoms with E-state index in [1.165, 1.54) is 69.9 Å². The molecule has 5 nitrogen and oxygen atoms in total. The average Bonchev–Trinajstić information content (AvgIpc) is 3.39. The third-order valence-corrected chi connectivity index (χ3v) is 10.6. The van der Waals surface area contributed by atoms with E-state index in [4.69, 9.17) is 9.47 Å². The summed E-state index contributed by atoms with van der Waals surface area (Å²) in [6.45, 7) is 2.17. The number of para-hydroxylation sites is 1. The van der Waals surface area contributed by atoms with Crippen LogP contribution in [0.1, 0.15) is 104 Å². The molecule has 1 unspecified atom stereocenters. The van der Waals surface area contributed by atoms with Crippen LogP contribution in [0.15, 0.2) is 84.9 Å². The van der Waals surface area contributed by atoms with Crippen molar-refractivity contribution in [3.8, 4) is 11.5 Å². The number of hydrogen-bond donors (Lipinski definition) is 1. The quantitative estimate of drug-likeness (QED) is 0.224. The first-order chi connectivity index (χ1) is 22.2. The van der Waals surface area contributed by atoms with Crippen molar-refractivity contribution in [1.29, 1.82) is 0 Å². The third kappa shape index (κ3) is 4.79. The first-order valence-electron chi connectivity index (χ1n) is 17.1. The summed E-state index contributed by atoms with van der Waals surface area (Å²) in [7, 11) is 0. The minimum absolute atomic E-state index is 0.295. The van der Waals surface area contributed by atoms with Gasteiger partial charge in [0.2, 0.25) is 0 Å². The molecule has 4 aliphatic rings. The molecule has 2 aliphatic heterocycles. The fraction of sp³-hybridized carbons (Fsp3) is 0.375. The first kappa shape index (κ1) is 28.2. The van der Waals surface area contributed by atoms with Gasteiger partial charge in [-0.15, -0.1) is 0 Å². The molecule has 0 amide bonds. The summed E-state index contributed by atoms with van der Waals surface area (Å²) in [6, 6.07) is 30.2. The summed E-state index contributed by atoms with van der Waals surface area (Å²) in [6.07, 6.45) is 13.7. The van der Waals surface area contributed by atoms with Gasteiger partial charge in [-0.3, -0.25) is 0 Å². The largest absolute Gasteiger partial charge is 0.456 e. The number of anilines is 3. The molecule has 0 radical (unpaired) electrons. The van der Waals surface area contributed by atoms with Gasteiger partial charge in [0.25, 0.3) is 0 Å². The zero-order chi connectivity index (χ0) is 30.4. The maximum Gasteiger partial charge on any atom is 0.340 e. The second-order valence-corrected chi connectivity index (χ2v) is 13.2. The summed E-state index contributed by atoms with van der Waals surface area (Å²) >= 11 is 0. The molecule has 2 saturated carbocycles. The second kappa shape index (κ2) is 11.6. The average molecular weight is 599 g/mol. The van der Waals surface area contributed by atoms with Crippen molar-refractivity contribution in [2.75, 3.05) is 10.2 Å². The SMILES string of the molecule is CCc1cc2c(cc1Nc1ccccc1)C1(OC(=O)c3ccccc31)c1ccc(N(C3CCCCC3)C3CCCCC3)cc1O2. The Morgan fingerprint density at radius 1 is 0.733 bits per heavy atom. The normalized spacial score (nSPS) is 21.0. The minimum atomic E-state index is -1.09. The molecule has 2 fully saturated rings. The predicted molar refractivity (Wildman–Crippen MR) is 180 cm³/mol. The van der Waals surface area contributed by atoms with Crippen molar-refractivity contribution in [1.82, 2.24) is 0 Å². The molecule has 1 atom stereocenters. The van der Waals surface area contributed by atoms with Gasteiger partial charge in [0, 0.05) is 51.9 Å². The van der Waals surface area contributed by atoms with Crippen LogP contribution in [-0.2, 0) is 16.8 Å². The molecule has 1 N–H and O–H groups in total. The van der Waals surface area contributed by atoms with Crippen molar-refractivity contribution in [2.24, 2.45) is 0 Å². The number of nitrogens with zero attached hydrogens (tertiary/aromatic N) is 1. The summed E-state index contributed by atoms with van der Waals surface area (Å²) < 4.78 is 13.4. The molecular formula is C40H42N2O3. The number of carbonyl (C=O) groups is 1. The van der Waals surface area contributed by atoms with E-state index >= 15 is 0 Å². The van der Waals surface area contributed by atoms with Crippen molar-refractivity contribution >= 4 is 23.0 Å². The van der Waals surface area contributed by atoms with Gasteiger partial charge >= 0.3 is 5.97 Å². The topological polar surface area (TPSA) is 50.8 Å². The molecule has 4 aromatic rings. The molecule has 230 valence electrons. The van der Waals surface area contributed by atoms with Crippen LogP contribution in [0.4, 0.5) is 17.1 Å². The first-order valence-corrected chi connectivity index (χ1v) is 17.1. The highest BCUT2D eigenvalue weighted by atomic mass is 16.6. The standard InChI is InChI=1S/C40H42N2O3/c1-2-27-24-37-35(26-36(27)41-28-14-6-3-7-15-28)40(33-21-13-12-20-32(33)39(43)45-40)34-23-22-31(25-38(34)44-37)42(29-16-8-4-9-17-29)30-18-10-5-11-19-30/h3,6-7,12-15,20-26,29-30,41H,2,4-5,8-11,16-19H2,1H3. The lowest BCUT2D eigenvalue weighted by atomic mass is 9.77. The number of aryl methyl sites for hydroxylation is 1. The van der Waals surface area contributed by atoms with Gasteiger partial charge in [0.1, 0.15) is 11.5 Å². The van der Waals surface area contributed by atoms with E-state index in [1.807, 2.05) is 42.5 Å².